The summed E-state index contributed by atoms with van der Waals surface area (Å²) in [6.45, 7) is 0.915. The summed E-state index contributed by atoms with van der Waals surface area (Å²) in [6, 6.07) is 5.31. The zero-order chi connectivity index (χ0) is 15.2. The molecule has 118 valence electrons. The number of ether oxygens (including phenoxy) is 3. The van der Waals surface area contributed by atoms with E-state index in [0.29, 0.717) is 30.4 Å². The summed E-state index contributed by atoms with van der Waals surface area (Å²) >= 11 is 0. The van der Waals surface area contributed by atoms with Gasteiger partial charge in [0.2, 0.25) is 0 Å². The second-order valence-corrected chi connectivity index (χ2v) is 5.04. The van der Waals surface area contributed by atoms with Gasteiger partial charge in [-0.05, 0) is 19.4 Å². The summed E-state index contributed by atoms with van der Waals surface area (Å²) < 4.78 is 41.1. The third-order valence-corrected chi connectivity index (χ3v) is 3.64. The molecule has 1 saturated heterocycles. The Hall–Kier alpha value is -1.56. The van der Waals surface area contributed by atoms with Crippen LogP contribution in [0.15, 0.2) is 18.2 Å². The number of hydrogen-bond acceptors (Lipinski definition) is 4. The van der Waals surface area contributed by atoms with Crippen molar-refractivity contribution in [3.8, 4) is 17.2 Å². The molecule has 1 aliphatic rings. The van der Waals surface area contributed by atoms with E-state index in [9.17, 15) is 8.78 Å². The van der Waals surface area contributed by atoms with Crippen LogP contribution in [0.4, 0.5) is 8.78 Å². The first-order valence-electron chi connectivity index (χ1n) is 7.00. The van der Waals surface area contributed by atoms with Crippen LogP contribution in [0.1, 0.15) is 12.8 Å². The van der Waals surface area contributed by atoms with Crippen molar-refractivity contribution >= 4 is 0 Å². The molecule has 1 aromatic rings. The summed E-state index contributed by atoms with van der Waals surface area (Å²) in [5.74, 6) is 1.90. The Labute approximate surface area is 123 Å². The number of alkyl halides is 2. The highest BCUT2D eigenvalue weighted by Crippen LogP contribution is 2.28. The highest BCUT2D eigenvalue weighted by atomic mass is 19.3. The Bertz CT molecular complexity index is 434. The maximum Gasteiger partial charge on any atom is 0.251 e. The molecule has 0 amide bonds. The predicted molar refractivity (Wildman–Crippen MR) is 75.6 cm³/mol. The van der Waals surface area contributed by atoms with Crippen molar-refractivity contribution in [3.63, 3.8) is 0 Å². The highest BCUT2D eigenvalue weighted by molar-refractivity contribution is 5.42. The van der Waals surface area contributed by atoms with Crippen molar-refractivity contribution in [1.82, 2.24) is 4.90 Å². The first kappa shape index (κ1) is 15.8. The van der Waals surface area contributed by atoms with E-state index in [1.165, 1.54) is 0 Å². The van der Waals surface area contributed by atoms with Crippen LogP contribution in [0.2, 0.25) is 0 Å². The van der Waals surface area contributed by atoms with Crippen LogP contribution in [0.5, 0.6) is 17.2 Å². The molecule has 2 rings (SSSR count). The fourth-order valence-corrected chi connectivity index (χ4v) is 2.56. The zero-order valence-corrected chi connectivity index (χ0v) is 12.4. The number of methoxy groups -OCH3 is 2. The van der Waals surface area contributed by atoms with Crippen LogP contribution in [-0.2, 0) is 0 Å². The lowest BCUT2D eigenvalue weighted by Crippen LogP contribution is -2.37. The average molecular weight is 301 g/mol. The fraction of sp³-hybridized carbons (Fsp3) is 0.600. The molecular formula is C15H21F2NO3. The number of halogens is 2. The van der Waals surface area contributed by atoms with Gasteiger partial charge in [0.25, 0.3) is 6.43 Å². The van der Waals surface area contributed by atoms with E-state index in [-0.39, 0.29) is 12.6 Å². The van der Waals surface area contributed by atoms with E-state index in [4.69, 9.17) is 14.2 Å². The van der Waals surface area contributed by atoms with Crippen LogP contribution in [0, 0.1) is 0 Å². The highest BCUT2D eigenvalue weighted by Gasteiger charge is 2.27. The van der Waals surface area contributed by atoms with Gasteiger partial charge in [-0.15, -0.1) is 0 Å². The van der Waals surface area contributed by atoms with Crippen LogP contribution in [0.25, 0.3) is 0 Å². The predicted octanol–water partition coefficient (Wildman–Crippen LogP) is 2.81. The topological polar surface area (TPSA) is 30.9 Å². The summed E-state index contributed by atoms with van der Waals surface area (Å²) in [5.41, 5.74) is 0. The molecule has 0 aromatic heterocycles. The lowest BCUT2D eigenvalue weighted by molar-refractivity contribution is 0.0696. The molecule has 0 radical (unpaired) electrons. The van der Waals surface area contributed by atoms with Crippen LogP contribution in [-0.4, -0.2) is 51.3 Å². The number of likely N-dealkylation sites (tertiary alicyclic amines) is 1. The van der Waals surface area contributed by atoms with E-state index in [1.807, 2.05) is 0 Å². The largest absolute Gasteiger partial charge is 0.496 e. The van der Waals surface area contributed by atoms with Crippen molar-refractivity contribution in [2.75, 3.05) is 33.9 Å². The van der Waals surface area contributed by atoms with E-state index >= 15 is 0 Å². The summed E-state index contributed by atoms with van der Waals surface area (Å²) in [4.78, 5) is 1.79. The summed E-state index contributed by atoms with van der Waals surface area (Å²) in [5, 5.41) is 0. The lowest BCUT2D eigenvalue weighted by Gasteiger charge is -2.24. The quantitative estimate of drug-likeness (QED) is 0.775. The van der Waals surface area contributed by atoms with E-state index in [2.05, 4.69) is 0 Å². The van der Waals surface area contributed by atoms with Crippen molar-refractivity contribution in [2.24, 2.45) is 0 Å². The van der Waals surface area contributed by atoms with Gasteiger partial charge in [0.15, 0.2) is 0 Å². The number of hydrogen-bond donors (Lipinski definition) is 0. The van der Waals surface area contributed by atoms with E-state index in [1.54, 1.807) is 37.3 Å². The standard InChI is InChI=1S/C15H21F2NO3/c1-19-12-6-13(20-2)8-14(7-12)21-10-11-4-3-5-18(11)9-15(16)17/h6-8,11,15H,3-5,9-10H2,1-2H3/t11-/m1/s1. The normalized spacial score (nSPS) is 19.0. The van der Waals surface area contributed by atoms with Gasteiger partial charge >= 0.3 is 0 Å². The molecule has 1 aliphatic heterocycles. The van der Waals surface area contributed by atoms with Gasteiger partial charge in [-0.2, -0.15) is 0 Å². The summed E-state index contributed by atoms with van der Waals surface area (Å²) in [6.07, 6.45) is -0.488. The Kier molecular flexibility index (Phi) is 5.61. The maximum absolute atomic E-state index is 12.5. The van der Waals surface area contributed by atoms with Crippen molar-refractivity contribution < 1.29 is 23.0 Å². The maximum atomic E-state index is 12.5. The first-order valence-corrected chi connectivity index (χ1v) is 7.00. The minimum absolute atomic E-state index is 0.0381. The Morgan fingerprint density at radius 1 is 1.14 bits per heavy atom. The SMILES string of the molecule is COc1cc(OC)cc(OC[C@H]2CCCN2CC(F)F)c1. The van der Waals surface area contributed by atoms with Crippen LogP contribution < -0.4 is 14.2 Å². The molecule has 0 N–H and O–H groups in total. The first-order chi connectivity index (χ1) is 10.1. The number of rotatable bonds is 7. The van der Waals surface area contributed by atoms with Gasteiger partial charge in [-0.3, -0.25) is 4.90 Å². The Morgan fingerprint density at radius 2 is 1.76 bits per heavy atom. The van der Waals surface area contributed by atoms with Crippen LogP contribution >= 0.6 is 0 Å². The van der Waals surface area contributed by atoms with Gasteiger partial charge < -0.3 is 14.2 Å². The molecule has 0 saturated carbocycles. The molecule has 1 fully saturated rings. The third-order valence-electron chi connectivity index (χ3n) is 3.64. The van der Waals surface area contributed by atoms with Crippen LogP contribution in [0.3, 0.4) is 0 Å². The van der Waals surface area contributed by atoms with Gasteiger partial charge in [0.05, 0.1) is 20.8 Å². The molecule has 4 nitrogen and oxygen atoms in total. The fourth-order valence-electron chi connectivity index (χ4n) is 2.56. The smallest absolute Gasteiger partial charge is 0.251 e. The van der Waals surface area contributed by atoms with Crippen molar-refractivity contribution in [3.05, 3.63) is 18.2 Å². The Morgan fingerprint density at radius 3 is 2.33 bits per heavy atom. The van der Waals surface area contributed by atoms with Gasteiger partial charge in [-0.25, -0.2) is 8.78 Å². The zero-order valence-electron chi connectivity index (χ0n) is 12.4. The van der Waals surface area contributed by atoms with Crippen molar-refractivity contribution in [2.45, 2.75) is 25.3 Å². The second kappa shape index (κ2) is 7.45. The van der Waals surface area contributed by atoms with Gasteiger partial charge in [0, 0.05) is 24.2 Å². The minimum atomic E-state index is -2.30. The third kappa shape index (κ3) is 4.46. The molecule has 0 spiro atoms. The second-order valence-electron chi connectivity index (χ2n) is 5.04. The van der Waals surface area contributed by atoms with Gasteiger partial charge in [-0.1, -0.05) is 0 Å². The Balaban J connectivity index is 1.95. The monoisotopic (exact) mass is 301 g/mol. The molecule has 0 unspecified atom stereocenters. The molecule has 1 heterocycles. The molecule has 0 aliphatic carbocycles. The molecule has 1 atom stereocenters. The molecule has 1 aromatic carbocycles. The molecular weight excluding hydrogens is 280 g/mol. The van der Waals surface area contributed by atoms with E-state index in [0.717, 1.165) is 12.8 Å². The molecule has 21 heavy (non-hydrogen) atoms. The summed E-state index contributed by atoms with van der Waals surface area (Å²) in [7, 11) is 3.14. The average Bonchev–Trinajstić information content (AvgIpc) is 2.91. The minimum Gasteiger partial charge on any atom is -0.496 e. The number of nitrogens with zero attached hydrogens (tertiary/aromatic N) is 1. The molecule has 6 heteroatoms. The molecule has 0 bridgehead atoms. The number of benzene rings is 1. The van der Waals surface area contributed by atoms with E-state index < -0.39 is 6.43 Å². The van der Waals surface area contributed by atoms with Gasteiger partial charge in [0.1, 0.15) is 23.9 Å². The lowest BCUT2D eigenvalue weighted by atomic mass is 10.2. The van der Waals surface area contributed by atoms with Crippen molar-refractivity contribution in [1.29, 1.82) is 0 Å².